The average Bonchev–Trinajstić information content (AvgIpc) is 3.19. The van der Waals surface area contributed by atoms with Gasteiger partial charge in [0.25, 0.3) is 5.56 Å². The van der Waals surface area contributed by atoms with E-state index in [2.05, 4.69) is 14.9 Å². The number of hydrogen-bond acceptors (Lipinski definition) is 7. The molecule has 0 aliphatic carbocycles. The monoisotopic (exact) mass is 437 g/mol. The van der Waals surface area contributed by atoms with Gasteiger partial charge in [-0.2, -0.15) is 0 Å². The Morgan fingerprint density at radius 1 is 1.21 bits per heavy atom. The summed E-state index contributed by atoms with van der Waals surface area (Å²) in [4.78, 5) is 24.8. The number of anilines is 2. The van der Waals surface area contributed by atoms with Gasteiger partial charge in [-0.15, -0.1) is 0 Å². The summed E-state index contributed by atoms with van der Waals surface area (Å²) in [5.41, 5.74) is 5.97. The molecule has 0 unspecified atom stereocenters. The highest BCUT2D eigenvalue weighted by Gasteiger charge is 2.38. The van der Waals surface area contributed by atoms with Crippen LogP contribution in [0.4, 0.5) is 11.8 Å². The van der Waals surface area contributed by atoms with Gasteiger partial charge in [0.1, 0.15) is 5.82 Å². The first-order chi connectivity index (χ1) is 14.0. The van der Waals surface area contributed by atoms with E-state index in [1.165, 1.54) is 11.8 Å². The second-order valence-corrected chi connectivity index (χ2v) is 8.65. The molecule has 2 N–H and O–H groups in total. The Balaban J connectivity index is 0.00000117. The van der Waals surface area contributed by atoms with Crippen molar-refractivity contribution < 1.29 is 4.74 Å². The highest BCUT2D eigenvalue weighted by Crippen LogP contribution is 2.40. The van der Waals surface area contributed by atoms with Crippen LogP contribution in [-0.4, -0.2) is 40.8 Å². The van der Waals surface area contributed by atoms with Gasteiger partial charge in [0, 0.05) is 37.8 Å². The predicted molar refractivity (Wildman–Crippen MR) is 118 cm³/mol. The van der Waals surface area contributed by atoms with Crippen molar-refractivity contribution in [1.29, 1.82) is 0 Å². The molecular weight excluding hydrogens is 410 g/mol. The molecule has 0 radical (unpaired) electrons. The van der Waals surface area contributed by atoms with Crippen molar-refractivity contribution in [2.75, 3.05) is 36.9 Å². The summed E-state index contributed by atoms with van der Waals surface area (Å²) < 4.78 is 7.21. The number of piperidine rings is 1. The van der Waals surface area contributed by atoms with E-state index in [0.717, 1.165) is 45.6 Å². The van der Waals surface area contributed by atoms with Gasteiger partial charge in [-0.1, -0.05) is 37.2 Å². The minimum absolute atomic E-state index is 0.0964. The lowest BCUT2D eigenvalue weighted by Crippen LogP contribution is -2.43. The van der Waals surface area contributed by atoms with E-state index in [1.807, 2.05) is 13.8 Å². The Hall–Kier alpha value is -1.77. The summed E-state index contributed by atoms with van der Waals surface area (Å²) >= 11 is 7.45. The zero-order chi connectivity index (χ0) is 21.0. The molecule has 2 aromatic heterocycles. The van der Waals surface area contributed by atoms with Crippen LogP contribution in [0.15, 0.2) is 33.0 Å². The van der Waals surface area contributed by atoms with Crippen molar-refractivity contribution in [3.63, 3.8) is 0 Å². The molecule has 7 nitrogen and oxygen atoms in total. The fraction of sp³-hybridized carbons (Fsp3) is 0.550. The van der Waals surface area contributed by atoms with E-state index < -0.39 is 0 Å². The lowest BCUT2D eigenvalue weighted by atomic mass is 9.78. The van der Waals surface area contributed by atoms with Crippen LogP contribution in [0.25, 0.3) is 0 Å². The van der Waals surface area contributed by atoms with Gasteiger partial charge in [-0.25, -0.2) is 9.97 Å². The Bertz CT molecular complexity index is 904. The lowest BCUT2D eigenvalue weighted by molar-refractivity contribution is 0.133. The first kappa shape index (κ1) is 21.9. The third-order valence-corrected chi connectivity index (χ3v) is 7.07. The van der Waals surface area contributed by atoms with Gasteiger partial charge in [0.15, 0.2) is 0 Å². The predicted octanol–water partition coefficient (Wildman–Crippen LogP) is 3.60. The molecule has 29 heavy (non-hydrogen) atoms. The van der Waals surface area contributed by atoms with Crippen molar-refractivity contribution in [1.82, 2.24) is 14.5 Å². The van der Waals surface area contributed by atoms with E-state index >= 15 is 0 Å². The molecule has 9 heteroatoms. The maximum Gasteiger partial charge on any atom is 0.268 e. The summed E-state index contributed by atoms with van der Waals surface area (Å²) in [6.07, 6.45) is 6.49. The van der Waals surface area contributed by atoms with E-state index in [9.17, 15) is 4.79 Å². The lowest BCUT2D eigenvalue weighted by Gasteiger charge is -2.39. The molecule has 0 aromatic carbocycles. The molecular formula is C20H28ClN5O2S. The molecule has 2 saturated heterocycles. The van der Waals surface area contributed by atoms with E-state index in [-0.39, 0.29) is 11.4 Å². The van der Waals surface area contributed by atoms with Gasteiger partial charge in [-0.05, 0) is 30.7 Å². The smallest absolute Gasteiger partial charge is 0.268 e. The highest BCUT2D eigenvalue weighted by atomic mass is 35.5. The molecule has 1 spiro atoms. The topological polar surface area (TPSA) is 86.3 Å². The van der Waals surface area contributed by atoms with Crippen molar-refractivity contribution in [3.8, 4) is 0 Å². The van der Waals surface area contributed by atoms with Gasteiger partial charge >= 0.3 is 0 Å². The molecule has 4 rings (SSSR count). The molecule has 2 aromatic rings. The van der Waals surface area contributed by atoms with Crippen LogP contribution in [0.1, 0.15) is 33.1 Å². The molecule has 2 fully saturated rings. The Labute approximate surface area is 180 Å². The number of aromatic nitrogens is 3. The maximum atomic E-state index is 12.8. The van der Waals surface area contributed by atoms with Crippen LogP contribution in [0.5, 0.6) is 0 Å². The second-order valence-electron chi connectivity index (χ2n) is 7.19. The average molecular weight is 438 g/mol. The first-order valence-electron chi connectivity index (χ1n) is 9.96. The number of nitrogens with two attached hydrogens (primary N) is 1. The molecule has 0 amide bonds. The van der Waals surface area contributed by atoms with Crippen molar-refractivity contribution in [2.45, 2.75) is 42.9 Å². The van der Waals surface area contributed by atoms with Gasteiger partial charge < -0.3 is 15.4 Å². The quantitative estimate of drug-likeness (QED) is 0.784. The van der Waals surface area contributed by atoms with Crippen LogP contribution >= 0.6 is 23.4 Å². The third kappa shape index (κ3) is 4.54. The molecule has 0 saturated carbocycles. The molecule has 4 heterocycles. The Morgan fingerprint density at radius 3 is 2.59 bits per heavy atom. The van der Waals surface area contributed by atoms with Crippen LogP contribution < -0.4 is 16.2 Å². The number of halogens is 1. The molecule has 0 bridgehead atoms. The third-order valence-electron chi connectivity index (χ3n) is 5.51. The fourth-order valence-electron chi connectivity index (χ4n) is 3.74. The number of pyridine rings is 1. The van der Waals surface area contributed by atoms with E-state index in [4.69, 9.17) is 22.1 Å². The zero-order valence-corrected chi connectivity index (χ0v) is 18.7. The number of hydrogen-bond donors (Lipinski definition) is 1. The normalized spacial score (nSPS) is 17.9. The zero-order valence-electron chi connectivity index (χ0n) is 17.2. The Morgan fingerprint density at radius 2 is 1.93 bits per heavy atom. The minimum atomic E-state index is -0.0964. The van der Waals surface area contributed by atoms with Crippen LogP contribution in [-0.2, 0) is 11.8 Å². The fourth-order valence-corrected chi connectivity index (χ4v) is 4.86. The first-order valence-corrected chi connectivity index (χ1v) is 11.2. The van der Waals surface area contributed by atoms with Crippen molar-refractivity contribution in [3.05, 3.63) is 33.8 Å². The van der Waals surface area contributed by atoms with Crippen LogP contribution in [0.3, 0.4) is 0 Å². The standard InChI is InChI=1S/C18H22ClN5O2S.C2H6/c1-23-16(25)13(27-12-2-6-21-15(20)14(12)19)10-22-17(23)24-7-3-18(4-8-24)5-9-26-11-18;1-2/h2,6,10H,3-5,7-9,11H2,1H3,(H2,20,21);1-2H3. The largest absolute Gasteiger partial charge is 0.382 e. The number of nitrogens with zero attached hydrogens (tertiary/aromatic N) is 4. The number of nitrogen functional groups attached to an aromatic ring is 1. The second kappa shape index (κ2) is 9.36. The highest BCUT2D eigenvalue weighted by molar-refractivity contribution is 7.99. The van der Waals surface area contributed by atoms with Crippen molar-refractivity contribution >= 4 is 35.1 Å². The molecule has 2 aliphatic heterocycles. The van der Waals surface area contributed by atoms with E-state index in [0.29, 0.717) is 26.2 Å². The van der Waals surface area contributed by atoms with Gasteiger partial charge in [0.05, 0.1) is 22.7 Å². The van der Waals surface area contributed by atoms with Crippen LogP contribution in [0.2, 0.25) is 5.02 Å². The Kier molecular flexibility index (Phi) is 7.08. The van der Waals surface area contributed by atoms with E-state index in [1.54, 1.807) is 30.1 Å². The summed E-state index contributed by atoms with van der Waals surface area (Å²) in [5, 5.41) is 0.355. The van der Waals surface area contributed by atoms with Crippen LogP contribution in [0, 0.1) is 5.41 Å². The number of rotatable bonds is 3. The number of ether oxygens (including phenoxy) is 1. The summed E-state index contributed by atoms with van der Waals surface area (Å²) in [6.45, 7) is 7.51. The van der Waals surface area contributed by atoms with Gasteiger partial charge in [-0.3, -0.25) is 9.36 Å². The molecule has 2 aliphatic rings. The van der Waals surface area contributed by atoms with Crippen molar-refractivity contribution in [2.24, 2.45) is 12.5 Å². The molecule has 158 valence electrons. The summed E-state index contributed by atoms with van der Waals surface area (Å²) in [7, 11) is 1.76. The summed E-state index contributed by atoms with van der Waals surface area (Å²) in [5.74, 6) is 0.958. The SMILES string of the molecule is CC.Cn1c(N2CCC3(CCOC3)CC2)ncc(Sc2ccnc(N)c2Cl)c1=O. The minimum Gasteiger partial charge on any atom is -0.382 e. The maximum absolute atomic E-state index is 12.8. The molecule has 0 atom stereocenters. The summed E-state index contributed by atoms with van der Waals surface area (Å²) in [6, 6.07) is 1.74. The van der Waals surface area contributed by atoms with Gasteiger partial charge in [0.2, 0.25) is 5.95 Å².